The second-order valence-electron chi connectivity index (χ2n) is 7.74. The fourth-order valence-corrected chi connectivity index (χ4v) is 4.71. The zero-order valence-electron chi connectivity index (χ0n) is 19.3. The highest BCUT2D eigenvalue weighted by Crippen LogP contribution is 2.36. The predicted molar refractivity (Wildman–Crippen MR) is 130 cm³/mol. The summed E-state index contributed by atoms with van der Waals surface area (Å²) >= 11 is 6.32. The number of carbonyl (C=O) groups excluding carboxylic acids is 2. The van der Waals surface area contributed by atoms with Gasteiger partial charge in [0.05, 0.1) is 11.9 Å². The topological polar surface area (TPSA) is 105 Å². The lowest BCUT2D eigenvalue weighted by molar-refractivity contribution is -0.140. The number of likely N-dealkylation sites (N-methyl/N-ethyl adjacent to an activating group) is 1. The van der Waals surface area contributed by atoms with Crippen LogP contribution in [0.3, 0.4) is 0 Å². The highest BCUT2D eigenvalue weighted by molar-refractivity contribution is 7.92. The second-order valence-corrected chi connectivity index (χ2v) is 10.1. The molecule has 3 rings (SSSR count). The standard InChI is InChI=1S/C23H28ClN3O6S/c1-4-19(23(29)25-5-2)26(13-16-8-6-7-9-18(16)24)22(28)14-27(34(3,30)31)17-10-11-20-21(12-17)33-15-32-20/h6-12,19H,4-5,13-15H2,1-3H3,(H,25,29). The largest absolute Gasteiger partial charge is 0.454 e. The number of rotatable bonds is 10. The van der Waals surface area contributed by atoms with E-state index in [0.717, 1.165) is 10.6 Å². The Morgan fingerprint density at radius 3 is 2.47 bits per heavy atom. The Morgan fingerprint density at radius 1 is 1.12 bits per heavy atom. The van der Waals surface area contributed by atoms with Gasteiger partial charge in [-0.25, -0.2) is 8.42 Å². The maximum Gasteiger partial charge on any atom is 0.244 e. The van der Waals surface area contributed by atoms with Crippen LogP contribution in [0.5, 0.6) is 11.5 Å². The van der Waals surface area contributed by atoms with E-state index < -0.39 is 28.5 Å². The van der Waals surface area contributed by atoms with Crippen LogP contribution in [0, 0.1) is 0 Å². The summed E-state index contributed by atoms with van der Waals surface area (Å²) in [6, 6.07) is 10.8. The van der Waals surface area contributed by atoms with Gasteiger partial charge in [-0.3, -0.25) is 13.9 Å². The van der Waals surface area contributed by atoms with Gasteiger partial charge in [-0.15, -0.1) is 0 Å². The Kier molecular flexibility index (Phi) is 8.27. The van der Waals surface area contributed by atoms with Crippen molar-refractivity contribution in [3.8, 4) is 11.5 Å². The minimum Gasteiger partial charge on any atom is -0.454 e. The summed E-state index contributed by atoms with van der Waals surface area (Å²) in [5, 5.41) is 3.19. The van der Waals surface area contributed by atoms with Crippen molar-refractivity contribution in [2.75, 3.05) is 30.4 Å². The van der Waals surface area contributed by atoms with Gasteiger partial charge < -0.3 is 19.7 Å². The number of amides is 2. The van der Waals surface area contributed by atoms with Gasteiger partial charge in [-0.05, 0) is 37.1 Å². The molecule has 0 saturated heterocycles. The van der Waals surface area contributed by atoms with Crippen LogP contribution in [0.25, 0.3) is 0 Å². The number of hydrogen-bond acceptors (Lipinski definition) is 6. The van der Waals surface area contributed by atoms with Gasteiger partial charge in [0.25, 0.3) is 0 Å². The maximum absolute atomic E-state index is 13.6. The van der Waals surface area contributed by atoms with Crippen molar-refractivity contribution in [2.45, 2.75) is 32.9 Å². The van der Waals surface area contributed by atoms with Crippen LogP contribution in [0.15, 0.2) is 42.5 Å². The number of benzene rings is 2. The molecule has 1 heterocycles. The number of hydrogen-bond donors (Lipinski definition) is 1. The number of sulfonamides is 1. The van der Waals surface area contributed by atoms with Gasteiger partial charge in [0, 0.05) is 24.2 Å². The molecule has 2 amide bonds. The highest BCUT2D eigenvalue weighted by atomic mass is 35.5. The summed E-state index contributed by atoms with van der Waals surface area (Å²) < 4.78 is 37.0. The molecule has 2 aromatic carbocycles. The van der Waals surface area contributed by atoms with Crippen molar-refractivity contribution in [2.24, 2.45) is 0 Å². The van der Waals surface area contributed by atoms with Crippen molar-refractivity contribution in [1.29, 1.82) is 0 Å². The first kappa shape index (κ1) is 25.6. The van der Waals surface area contributed by atoms with Gasteiger partial charge in [-0.2, -0.15) is 0 Å². The Hall–Kier alpha value is -2.98. The molecule has 2 aromatic rings. The molecule has 1 aliphatic heterocycles. The van der Waals surface area contributed by atoms with E-state index in [2.05, 4.69) is 5.32 Å². The minimum atomic E-state index is -3.85. The van der Waals surface area contributed by atoms with E-state index in [1.165, 1.54) is 11.0 Å². The molecule has 34 heavy (non-hydrogen) atoms. The van der Waals surface area contributed by atoms with Crippen LogP contribution in [0.1, 0.15) is 25.8 Å². The zero-order valence-corrected chi connectivity index (χ0v) is 20.9. The molecular formula is C23H28ClN3O6S. The van der Waals surface area contributed by atoms with Crippen LogP contribution in [0.2, 0.25) is 5.02 Å². The van der Waals surface area contributed by atoms with E-state index in [4.69, 9.17) is 21.1 Å². The van der Waals surface area contributed by atoms with Crippen LogP contribution in [-0.2, 0) is 26.2 Å². The number of anilines is 1. The maximum atomic E-state index is 13.6. The van der Waals surface area contributed by atoms with Gasteiger partial charge in [0.1, 0.15) is 12.6 Å². The van der Waals surface area contributed by atoms with Crippen molar-refractivity contribution in [3.05, 3.63) is 53.1 Å². The fraction of sp³-hybridized carbons (Fsp3) is 0.391. The predicted octanol–water partition coefficient (Wildman–Crippen LogP) is 2.78. The first-order valence-electron chi connectivity index (χ1n) is 10.8. The van der Waals surface area contributed by atoms with Gasteiger partial charge in [0.15, 0.2) is 11.5 Å². The SMILES string of the molecule is CCNC(=O)C(CC)N(Cc1ccccc1Cl)C(=O)CN(c1ccc2c(c1)OCO2)S(C)(=O)=O. The number of nitrogens with one attached hydrogen (secondary N) is 1. The van der Waals surface area contributed by atoms with Crippen molar-refractivity contribution < 1.29 is 27.5 Å². The van der Waals surface area contributed by atoms with Crippen LogP contribution in [0.4, 0.5) is 5.69 Å². The van der Waals surface area contributed by atoms with Crippen LogP contribution in [-0.4, -0.2) is 57.3 Å². The molecule has 0 spiro atoms. The molecular weight excluding hydrogens is 482 g/mol. The Balaban J connectivity index is 1.95. The monoisotopic (exact) mass is 509 g/mol. The van der Waals surface area contributed by atoms with E-state index in [1.807, 2.05) is 0 Å². The molecule has 184 valence electrons. The van der Waals surface area contributed by atoms with E-state index in [9.17, 15) is 18.0 Å². The van der Waals surface area contributed by atoms with Crippen molar-refractivity contribution in [1.82, 2.24) is 10.2 Å². The number of fused-ring (bicyclic) bond motifs is 1. The lowest BCUT2D eigenvalue weighted by atomic mass is 10.1. The molecule has 1 aliphatic rings. The molecule has 1 unspecified atom stereocenters. The van der Waals surface area contributed by atoms with Gasteiger partial charge in [-0.1, -0.05) is 36.7 Å². The number of carbonyl (C=O) groups is 2. The molecule has 0 aromatic heterocycles. The Labute approximate surface area is 204 Å². The number of halogens is 1. The Morgan fingerprint density at radius 2 is 1.82 bits per heavy atom. The summed E-state index contributed by atoms with van der Waals surface area (Å²) in [5.74, 6) is 0.0203. The van der Waals surface area contributed by atoms with Crippen LogP contribution >= 0.6 is 11.6 Å². The molecule has 11 heteroatoms. The molecule has 0 fully saturated rings. The molecule has 9 nitrogen and oxygen atoms in total. The van der Waals surface area contributed by atoms with Gasteiger partial charge in [0.2, 0.25) is 28.6 Å². The molecule has 1 N–H and O–H groups in total. The third-order valence-corrected chi connectivity index (χ3v) is 6.87. The third-order valence-electron chi connectivity index (χ3n) is 5.36. The third kappa shape index (κ3) is 5.92. The van der Waals surface area contributed by atoms with Crippen molar-refractivity contribution >= 4 is 39.1 Å². The lowest BCUT2D eigenvalue weighted by Crippen LogP contribution is -2.52. The molecule has 0 aliphatic carbocycles. The van der Waals surface area contributed by atoms with E-state index >= 15 is 0 Å². The fourth-order valence-electron chi connectivity index (χ4n) is 3.68. The van der Waals surface area contributed by atoms with E-state index in [0.29, 0.717) is 35.1 Å². The molecule has 0 saturated carbocycles. The second kappa shape index (κ2) is 11.0. The van der Waals surface area contributed by atoms with E-state index in [1.54, 1.807) is 50.2 Å². The summed E-state index contributed by atoms with van der Waals surface area (Å²) in [7, 11) is -3.85. The summed E-state index contributed by atoms with van der Waals surface area (Å²) in [4.78, 5) is 27.7. The van der Waals surface area contributed by atoms with Crippen LogP contribution < -0.4 is 19.1 Å². The zero-order chi connectivity index (χ0) is 24.9. The first-order valence-corrected chi connectivity index (χ1v) is 13.1. The van der Waals surface area contributed by atoms with E-state index in [-0.39, 0.29) is 24.9 Å². The molecule has 0 bridgehead atoms. The average molecular weight is 510 g/mol. The number of ether oxygens (including phenoxy) is 2. The molecule has 0 radical (unpaired) electrons. The van der Waals surface area contributed by atoms with Gasteiger partial charge >= 0.3 is 0 Å². The molecule has 1 atom stereocenters. The highest BCUT2D eigenvalue weighted by Gasteiger charge is 2.32. The summed E-state index contributed by atoms with van der Waals surface area (Å²) in [6.45, 7) is 3.56. The smallest absolute Gasteiger partial charge is 0.244 e. The average Bonchev–Trinajstić information content (AvgIpc) is 3.25. The minimum absolute atomic E-state index is 0.0346. The van der Waals surface area contributed by atoms with Crippen molar-refractivity contribution in [3.63, 3.8) is 0 Å². The first-order chi connectivity index (χ1) is 16.2. The normalized spacial score (nSPS) is 13.3. The Bertz CT molecular complexity index is 1160. The lowest BCUT2D eigenvalue weighted by Gasteiger charge is -2.33. The number of nitrogens with zero attached hydrogens (tertiary/aromatic N) is 2. The summed E-state index contributed by atoms with van der Waals surface area (Å²) in [5.41, 5.74) is 0.901. The quantitative estimate of drug-likeness (QED) is 0.528. The summed E-state index contributed by atoms with van der Waals surface area (Å²) in [6.07, 6.45) is 1.36.